The van der Waals surface area contributed by atoms with E-state index < -0.39 is 10.0 Å². The van der Waals surface area contributed by atoms with E-state index >= 15 is 0 Å². The molecule has 1 aliphatic heterocycles. The highest BCUT2D eigenvalue weighted by Gasteiger charge is 2.26. The lowest BCUT2D eigenvalue weighted by Crippen LogP contribution is -2.27. The van der Waals surface area contributed by atoms with Crippen LogP contribution in [0.4, 0.5) is 17.1 Å². The molecule has 3 aromatic carbocycles. The van der Waals surface area contributed by atoms with Gasteiger partial charge in [0.2, 0.25) is 15.9 Å². The summed E-state index contributed by atoms with van der Waals surface area (Å²) in [6.07, 6.45) is 1.76. The van der Waals surface area contributed by atoms with Gasteiger partial charge in [-0.3, -0.25) is 9.59 Å². The molecule has 1 aliphatic rings. The van der Waals surface area contributed by atoms with Crippen molar-refractivity contribution in [3.05, 3.63) is 84.4 Å². The number of hydrogen-bond acceptors (Lipinski definition) is 5. The number of anilines is 3. The normalized spacial score (nSPS) is 13.9. The minimum Gasteiger partial charge on any atom is -0.376 e. The van der Waals surface area contributed by atoms with Crippen LogP contribution in [0.5, 0.6) is 0 Å². The number of sulfonamides is 1. The molecule has 2 amide bonds. The molecule has 9 heteroatoms. The maximum absolute atomic E-state index is 12.7. The van der Waals surface area contributed by atoms with Crippen molar-refractivity contribution in [2.45, 2.75) is 17.7 Å². The maximum Gasteiger partial charge on any atom is 0.257 e. The molecular weight excluding hydrogens is 452 g/mol. The van der Waals surface area contributed by atoms with Gasteiger partial charge in [-0.25, -0.2) is 8.42 Å². The minimum atomic E-state index is -3.47. The summed E-state index contributed by atoms with van der Waals surface area (Å²) < 4.78 is 26.7. The van der Waals surface area contributed by atoms with Gasteiger partial charge in [0.15, 0.2) is 0 Å². The molecule has 3 N–H and O–H groups in total. The van der Waals surface area contributed by atoms with E-state index in [1.54, 1.807) is 48.5 Å². The van der Waals surface area contributed by atoms with Gasteiger partial charge in [0, 0.05) is 24.5 Å². The van der Waals surface area contributed by atoms with Crippen LogP contribution in [0.3, 0.4) is 0 Å². The molecule has 1 fully saturated rings. The first kappa shape index (κ1) is 23.5. The minimum absolute atomic E-state index is 0.0487. The van der Waals surface area contributed by atoms with Crippen LogP contribution in [-0.4, -0.2) is 44.2 Å². The topological polar surface area (TPSA) is 108 Å². The van der Waals surface area contributed by atoms with E-state index in [1.807, 2.05) is 18.2 Å². The van der Waals surface area contributed by atoms with Gasteiger partial charge in [-0.1, -0.05) is 30.3 Å². The highest BCUT2D eigenvalue weighted by atomic mass is 32.2. The summed E-state index contributed by atoms with van der Waals surface area (Å²) in [5.41, 5.74) is 2.02. The van der Waals surface area contributed by atoms with Crippen molar-refractivity contribution in [3.63, 3.8) is 0 Å². The van der Waals surface area contributed by atoms with Crippen molar-refractivity contribution >= 4 is 38.9 Å². The number of hydrogen-bond donors (Lipinski definition) is 3. The Kier molecular flexibility index (Phi) is 7.24. The van der Waals surface area contributed by atoms with Crippen molar-refractivity contribution in [3.8, 4) is 0 Å². The Morgan fingerprint density at radius 1 is 0.765 bits per heavy atom. The van der Waals surface area contributed by atoms with E-state index in [-0.39, 0.29) is 23.3 Å². The summed E-state index contributed by atoms with van der Waals surface area (Å²) in [6, 6.07) is 22.2. The molecule has 3 aromatic rings. The molecule has 0 aliphatic carbocycles. The van der Waals surface area contributed by atoms with Crippen molar-refractivity contribution in [2.24, 2.45) is 0 Å². The average Bonchev–Trinajstić information content (AvgIpc) is 3.40. The van der Waals surface area contributed by atoms with Crippen LogP contribution in [0.1, 0.15) is 23.2 Å². The van der Waals surface area contributed by atoms with E-state index in [1.165, 1.54) is 16.4 Å². The number of rotatable bonds is 8. The number of nitrogens with one attached hydrogen (secondary N) is 3. The molecule has 0 aromatic heterocycles. The van der Waals surface area contributed by atoms with Gasteiger partial charge < -0.3 is 16.0 Å². The van der Waals surface area contributed by atoms with Gasteiger partial charge in [-0.15, -0.1) is 0 Å². The van der Waals surface area contributed by atoms with Crippen molar-refractivity contribution in [2.75, 3.05) is 35.6 Å². The fraction of sp³-hybridized carbons (Fsp3) is 0.200. The molecule has 1 heterocycles. The molecule has 8 nitrogen and oxygen atoms in total. The summed E-state index contributed by atoms with van der Waals surface area (Å²) in [4.78, 5) is 25.4. The molecule has 0 saturated carbocycles. The Balaban J connectivity index is 1.35. The zero-order valence-electron chi connectivity index (χ0n) is 18.5. The van der Waals surface area contributed by atoms with Gasteiger partial charge in [0.1, 0.15) is 0 Å². The van der Waals surface area contributed by atoms with E-state index in [0.717, 1.165) is 12.8 Å². The third-order valence-electron chi connectivity index (χ3n) is 5.49. The fourth-order valence-electron chi connectivity index (χ4n) is 3.71. The second-order valence-corrected chi connectivity index (χ2v) is 9.84. The lowest BCUT2D eigenvalue weighted by atomic mass is 10.1. The van der Waals surface area contributed by atoms with Crippen LogP contribution in [0, 0.1) is 0 Å². The Hall–Kier alpha value is -3.69. The van der Waals surface area contributed by atoms with E-state index in [2.05, 4.69) is 16.0 Å². The highest BCUT2D eigenvalue weighted by molar-refractivity contribution is 7.89. The quantitative estimate of drug-likeness (QED) is 0.457. The first-order chi connectivity index (χ1) is 16.4. The number of para-hydroxylation sites is 2. The number of carbonyl (C=O) groups is 2. The van der Waals surface area contributed by atoms with Gasteiger partial charge in [-0.05, 0) is 61.4 Å². The smallest absolute Gasteiger partial charge is 0.257 e. The summed E-state index contributed by atoms with van der Waals surface area (Å²) in [6.45, 7) is 1.05. The van der Waals surface area contributed by atoms with E-state index in [9.17, 15) is 18.0 Å². The lowest BCUT2D eigenvalue weighted by Gasteiger charge is -2.16. The molecule has 0 unspecified atom stereocenters. The summed E-state index contributed by atoms with van der Waals surface area (Å²) in [5.74, 6) is -0.668. The molecule has 0 atom stereocenters. The number of carbonyl (C=O) groups excluding carboxylic acids is 2. The average molecular weight is 479 g/mol. The molecule has 0 bridgehead atoms. The molecule has 176 valence electrons. The second-order valence-electron chi connectivity index (χ2n) is 7.90. The van der Waals surface area contributed by atoms with Crippen LogP contribution >= 0.6 is 0 Å². The molecule has 0 spiro atoms. The zero-order chi connectivity index (χ0) is 24.0. The van der Waals surface area contributed by atoms with Crippen molar-refractivity contribution in [1.29, 1.82) is 0 Å². The maximum atomic E-state index is 12.7. The summed E-state index contributed by atoms with van der Waals surface area (Å²) >= 11 is 0. The zero-order valence-corrected chi connectivity index (χ0v) is 19.3. The summed E-state index contributed by atoms with van der Waals surface area (Å²) in [5, 5.41) is 8.54. The second kappa shape index (κ2) is 10.5. The largest absolute Gasteiger partial charge is 0.376 e. The molecule has 4 rings (SSSR count). The third-order valence-corrected chi connectivity index (χ3v) is 7.40. The fourth-order valence-corrected chi connectivity index (χ4v) is 5.23. The third kappa shape index (κ3) is 5.62. The predicted octanol–water partition coefficient (Wildman–Crippen LogP) is 3.77. The van der Waals surface area contributed by atoms with E-state index in [4.69, 9.17) is 0 Å². The van der Waals surface area contributed by atoms with Gasteiger partial charge >= 0.3 is 0 Å². The first-order valence-electron chi connectivity index (χ1n) is 11.0. The SMILES string of the molecule is O=C(CNc1ccc(S(=O)(=O)N2CCCC2)cc1)Nc1ccccc1C(=O)Nc1ccccc1. The van der Waals surface area contributed by atoms with Gasteiger partial charge in [0.05, 0.1) is 22.7 Å². The summed E-state index contributed by atoms with van der Waals surface area (Å²) in [7, 11) is -3.47. The Labute approximate surface area is 199 Å². The molecular formula is C25H26N4O4S. The Morgan fingerprint density at radius 2 is 1.41 bits per heavy atom. The molecule has 0 radical (unpaired) electrons. The van der Waals surface area contributed by atoms with Gasteiger partial charge in [0.25, 0.3) is 5.91 Å². The van der Waals surface area contributed by atoms with Crippen molar-refractivity contribution < 1.29 is 18.0 Å². The van der Waals surface area contributed by atoms with Crippen LogP contribution in [0.25, 0.3) is 0 Å². The Morgan fingerprint density at radius 3 is 2.12 bits per heavy atom. The Bertz CT molecular complexity index is 1260. The van der Waals surface area contributed by atoms with Crippen LogP contribution in [0.2, 0.25) is 0 Å². The number of amides is 2. The molecule has 34 heavy (non-hydrogen) atoms. The molecule has 1 saturated heterocycles. The number of nitrogens with zero attached hydrogens (tertiary/aromatic N) is 1. The van der Waals surface area contributed by atoms with Gasteiger partial charge in [-0.2, -0.15) is 4.31 Å². The van der Waals surface area contributed by atoms with Crippen molar-refractivity contribution in [1.82, 2.24) is 4.31 Å². The monoisotopic (exact) mass is 478 g/mol. The lowest BCUT2D eigenvalue weighted by molar-refractivity contribution is -0.114. The highest BCUT2D eigenvalue weighted by Crippen LogP contribution is 2.22. The number of benzene rings is 3. The van der Waals surface area contributed by atoms with Crippen LogP contribution in [-0.2, 0) is 14.8 Å². The van der Waals surface area contributed by atoms with Crippen LogP contribution < -0.4 is 16.0 Å². The first-order valence-corrected chi connectivity index (χ1v) is 12.5. The predicted molar refractivity (Wildman–Crippen MR) is 132 cm³/mol. The van der Waals surface area contributed by atoms with E-state index in [0.29, 0.717) is 35.7 Å². The standard InChI is InChI=1S/C25H26N4O4S/c30-24(18-26-19-12-14-21(15-13-19)34(32,33)29-16-6-7-17-29)28-23-11-5-4-10-22(23)25(31)27-20-8-2-1-3-9-20/h1-5,8-15,26H,6-7,16-18H2,(H,27,31)(H,28,30). The van der Waals surface area contributed by atoms with Crippen LogP contribution in [0.15, 0.2) is 83.8 Å².